The minimum Gasteiger partial charge on any atom is -0.388 e. The third kappa shape index (κ3) is 5.93. The largest absolute Gasteiger partial charge is 0.388 e. The Kier molecular flexibility index (Phi) is 6.68. The third-order valence-electron chi connectivity index (χ3n) is 3.86. The molecule has 0 saturated carbocycles. The molecular weight excluding hydrogens is 285 g/mol. The molecule has 1 unspecified atom stereocenters. The van der Waals surface area contributed by atoms with Gasteiger partial charge in [-0.25, -0.2) is 4.39 Å². The summed E-state index contributed by atoms with van der Waals surface area (Å²) in [5.41, 5.74) is -0.496. The fourth-order valence-corrected chi connectivity index (χ4v) is 1.76. The number of hydrogen-bond donors (Lipinski definition) is 2. The lowest BCUT2D eigenvalue weighted by Crippen LogP contribution is -2.44. The Morgan fingerprint density at radius 2 is 1.82 bits per heavy atom. The zero-order chi connectivity index (χ0) is 16.8. The van der Waals surface area contributed by atoms with Gasteiger partial charge in [-0.05, 0) is 43.5 Å². The predicted octanol–water partition coefficient (Wildman–Crippen LogP) is 2.70. The summed E-state index contributed by atoms with van der Waals surface area (Å²) < 4.78 is 12.8. The summed E-state index contributed by atoms with van der Waals surface area (Å²) in [4.78, 5) is 23.5. The number of halogens is 1. The second-order valence-electron chi connectivity index (χ2n) is 6.07. The van der Waals surface area contributed by atoms with Gasteiger partial charge in [-0.2, -0.15) is 0 Å². The molecule has 1 aromatic rings. The van der Waals surface area contributed by atoms with Crippen LogP contribution in [0.15, 0.2) is 24.3 Å². The summed E-state index contributed by atoms with van der Waals surface area (Å²) in [6.07, 6.45) is 0.882. The molecule has 0 saturated heterocycles. The van der Waals surface area contributed by atoms with Crippen molar-refractivity contribution in [2.45, 2.75) is 45.6 Å². The highest BCUT2D eigenvalue weighted by Crippen LogP contribution is 2.14. The van der Waals surface area contributed by atoms with Gasteiger partial charge in [0.25, 0.3) is 0 Å². The molecule has 1 amide bonds. The van der Waals surface area contributed by atoms with Crippen LogP contribution in [0, 0.1) is 11.7 Å². The minimum absolute atomic E-state index is 0.0350. The van der Waals surface area contributed by atoms with Crippen molar-refractivity contribution in [3.8, 4) is 0 Å². The Hall–Kier alpha value is -1.75. The van der Waals surface area contributed by atoms with Crippen LogP contribution >= 0.6 is 0 Å². The number of benzene rings is 1. The molecule has 0 heterocycles. The molecular formula is C17H24FNO3. The molecule has 0 aromatic heterocycles. The molecule has 1 aromatic carbocycles. The van der Waals surface area contributed by atoms with Crippen LogP contribution in [0.25, 0.3) is 0 Å². The molecule has 0 radical (unpaired) electrons. The van der Waals surface area contributed by atoms with Crippen LogP contribution in [0.1, 0.15) is 50.4 Å². The lowest BCUT2D eigenvalue weighted by atomic mass is 9.92. The van der Waals surface area contributed by atoms with Gasteiger partial charge in [0.05, 0.1) is 5.60 Å². The molecule has 4 nitrogen and oxygen atoms in total. The highest BCUT2D eigenvalue weighted by molar-refractivity contribution is 5.96. The summed E-state index contributed by atoms with van der Waals surface area (Å²) >= 11 is 0. The first-order valence-electron chi connectivity index (χ1n) is 7.50. The van der Waals surface area contributed by atoms with E-state index in [0.29, 0.717) is 12.0 Å². The molecule has 0 aliphatic carbocycles. The molecule has 1 atom stereocenters. The van der Waals surface area contributed by atoms with Crippen LogP contribution in [0.3, 0.4) is 0 Å². The second kappa shape index (κ2) is 8.03. The molecule has 5 heteroatoms. The Bertz CT molecular complexity index is 509. The number of nitrogens with one attached hydrogen (secondary N) is 1. The van der Waals surface area contributed by atoms with Crippen LogP contribution in [-0.2, 0) is 4.79 Å². The van der Waals surface area contributed by atoms with Gasteiger partial charge < -0.3 is 10.4 Å². The SMILES string of the molecule is CC(C)C(C)(O)CNC(=O)CCCC(=O)c1ccc(F)cc1. The highest BCUT2D eigenvalue weighted by atomic mass is 19.1. The van der Waals surface area contributed by atoms with Crippen molar-refractivity contribution >= 4 is 11.7 Å². The molecule has 2 N–H and O–H groups in total. The Balaban J connectivity index is 2.30. The van der Waals surface area contributed by atoms with Crippen molar-refractivity contribution in [1.82, 2.24) is 5.32 Å². The number of Topliss-reactive ketones (excluding diaryl/α,β-unsaturated/α-hetero) is 1. The van der Waals surface area contributed by atoms with Crippen LogP contribution in [0.4, 0.5) is 4.39 Å². The predicted molar refractivity (Wildman–Crippen MR) is 83.1 cm³/mol. The van der Waals surface area contributed by atoms with Crippen LogP contribution < -0.4 is 5.32 Å². The zero-order valence-electron chi connectivity index (χ0n) is 13.4. The molecule has 22 heavy (non-hydrogen) atoms. The quantitative estimate of drug-likeness (QED) is 0.726. The summed E-state index contributed by atoms with van der Waals surface area (Å²) in [6.45, 7) is 5.63. The van der Waals surface area contributed by atoms with Crippen molar-refractivity contribution in [2.75, 3.05) is 6.54 Å². The van der Waals surface area contributed by atoms with E-state index in [1.807, 2.05) is 13.8 Å². The van der Waals surface area contributed by atoms with Gasteiger partial charge in [0, 0.05) is 24.9 Å². The Morgan fingerprint density at radius 1 is 1.23 bits per heavy atom. The van der Waals surface area contributed by atoms with Gasteiger partial charge in [0.1, 0.15) is 5.82 Å². The van der Waals surface area contributed by atoms with E-state index < -0.39 is 5.60 Å². The van der Waals surface area contributed by atoms with E-state index in [-0.39, 0.29) is 42.8 Å². The lowest BCUT2D eigenvalue weighted by Gasteiger charge is -2.27. The summed E-state index contributed by atoms with van der Waals surface area (Å²) in [5, 5.41) is 12.7. The first-order chi connectivity index (χ1) is 10.2. The summed E-state index contributed by atoms with van der Waals surface area (Å²) in [7, 11) is 0. The number of hydrogen-bond acceptors (Lipinski definition) is 3. The molecule has 0 bridgehead atoms. The first kappa shape index (κ1) is 18.3. The van der Waals surface area contributed by atoms with E-state index in [4.69, 9.17) is 0 Å². The monoisotopic (exact) mass is 309 g/mol. The topological polar surface area (TPSA) is 66.4 Å². The van der Waals surface area contributed by atoms with Crippen molar-refractivity contribution in [1.29, 1.82) is 0 Å². The second-order valence-corrected chi connectivity index (χ2v) is 6.07. The maximum absolute atomic E-state index is 12.8. The van der Waals surface area contributed by atoms with E-state index in [9.17, 15) is 19.1 Å². The number of aliphatic hydroxyl groups is 1. The number of ketones is 1. The van der Waals surface area contributed by atoms with Gasteiger partial charge in [0.2, 0.25) is 5.91 Å². The summed E-state index contributed by atoms with van der Waals surface area (Å²) in [5.74, 6) is -0.643. The van der Waals surface area contributed by atoms with E-state index >= 15 is 0 Å². The molecule has 1 rings (SSSR count). The fourth-order valence-electron chi connectivity index (χ4n) is 1.76. The zero-order valence-corrected chi connectivity index (χ0v) is 13.4. The van der Waals surface area contributed by atoms with Gasteiger partial charge in [0.15, 0.2) is 5.78 Å². The van der Waals surface area contributed by atoms with E-state index in [2.05, 4.69) is 5.32 Å². The van der Waals surface area contributed by atoms with Gasteiger partial charge in [-0.3, -0.25) is 9.59 Å². The van der Waals surface area contributed by atoms with Gasteiger partial charge >= 0.3 is 0 Å². The molecule has 0 fully saturated rings. The van der Waals surface area contributed by atoms with Crippen LogP contribution in [-0.4, -0.2) is 28.9 Å². The van der Waals surface area contributed by atoms with Crippen LogP contribution in [0.5, 0.6) is 0 Å². The van der Waals surface area contributed by atoms with E-state index in [0.717, 1.165) is 0 Å². The van der Waals surface area contributed by atoms with Gasteiger partial charge in [-0.15, -0.1) is 0 Å². The van der Waals surface area contributed by atoms with Crippen molar-refractivity contribution in [3.63, 3.8) is 0 Å². The fraction of sp³-hybridized carbons (Fsp3) is 0.529. The number of rotatable bonds is 8. The standard InChI is InChI=1S/C17H24FNO3/c1-12(2)17(3,22)11-19-16(21)6-4-5-15(20)13-7-9-14(18)10-8-13/h7-10,12,22H,4-6,11H2,1-3H3,(H,19,21). The third-order valence-corrected chi connectivity index (χ3v) is 3.86. The van der Waals surface area contributed by atoms with Crippen molar-refractivity contribution in [3.05, 3.63) is 35.6 Å². The average Bonchev–Trinajstić information content (AvgIpc) is 2.45. The number of carbonyl (C=O) groups is 2. The summed E-state index contributed by atoms with van der Waals surface area (Å²) in [6, 6.07) is 5.37. The maximum Gasteiger partial charge on any atom is 0.220 e. The number of carbonyl (C=O) groups excluding carboxylic acids is 2. The minimum atomic E-state index is -0.945. The Morgan fingerprint density at radius 3 is 2.36 bits per heavy atom. The average molecular weight is 309 g/mol. The normalized spacial score (nSPS) is 13.7. The molecule has 0 aliphatic rings. The van der Waals surface area contributed by atoms with E-state index in [1.165, 1.54) is 24.3 Å². The van der Waals surface area contributed by atoms with Gasteiger partial charge in [-0.1, -0.05) is 13.8 Å². The van der Waals surface area contributed by atoms with Crippen molar-refractivity contribution in [2.24, 2.45) is 5.92 Å². The highest BCUT2D eigenvalue weighted by Gasteiger charge is 2.25. The molecule has 122 valence electrons. The molecule has 0 spiro atoms. The first-order valence-corrected chi connectivity index (χ1v) is 7.50. The van der Waals surface area contributed by atoms with Crippen LogP contribution in [0.2, 0.25) is 0 Å². The van der Waals surface area contributed by atoms with E-state index in [1.54, 1.807) is 6.92 Å². The molecule has 0 aliphatic heterocycles. The maximum atomic E-state index is 12.8. The number of amides is 1. The van der Waals surface area contributed by atoms with Crippen molar-refractivity contribution < 1.29 is 19.1 Å². The smallest absolute Gasteiger partial charge is 0.220 e. The lowest BCUT2D eigenvalue weighted by molar-refractivity contribution is -0.122. The Labute approximate surface area is 130 Å².